The normalized spacial score (nSPS) is 15.1. The summed E-state index contributed by atoms with van der Waals surface area (Å²) in [5.41, 5.74) is 7.12. The van der Waals surface area contributed by atoms with Gasteiger partial charge in [-0.3, -0.25) is 19.3 Å². The monoisotopic (exact) mass is 723 g/mol. The fraction of sp³-hybridized carbons (Fsp3) is 0.400. The van der Waals surface area contributed by atoms with Gasteiger partial charge in [0.1, 0.15) is 23.3 Å². The van der Waals surface area contributed by atoms with Crippen molar-refractivity contribution in [1.82, 2.24) is 19.8 Å². The smallest absolute Gasteiger partial charge is 0.322 e. The number of furan rings is 1. The van der Waals surface area contributed by atoms with Gasteiger partial charge in [-0.25, -0.2) is 9.97 Å². The van der Waals surface area contributed by atoms with E-state index >= 15 is 0 Å². The van der Waals surface area contributed by atoms with Gasteiger partial charge in [0.15, 0.2) is 17.3 Å². The van der Waals surface area contributed by atoms with E-state index in [2.05, 4.69) is 9.97 Å². The van der Waals surface area contributed by atoms with Gasteiger partial charge in [0.05, 0.1) is 53.0 Å². The SMILES string of the molecule is COc1cc(OC)c(CSC(C)(Cc2nc(C(N)=O)nc3cc(OC)c(OC)cc23)C(C(=O)O)N2CCN(C(=O)c3ccco3)CC2)c(OC)c1. The zero-order chi connectivity index (χ0) is 36.9. The first-order valence-corrected chi connectivity index (χ1v) is 16.9. The minimum absolute atomic E-state index is 0.0513. The molecule has 3 N–H and O–H groups in total. The molecule has 0 radical (unpaired) electrons. The first-order chi connectivity index (χ1) is 24.5. The molecule has 1 aliphatic rings. The highest BCUT2D eigenvalue weighted by Gasteiger charge is 2.46. The highest BCUT2D eigenvalue weighted by Crippen LogP contribution is 2.44. The third kappa shape index (κ3) is 7.76. The van der Waals surface area contributed by atoms with Crippen molar-refractivity contribution in [2.45, 2.75) is 29.9 Å². The number of benzene rings is 2. The number of methoxy groups -OCH3 is 5. The van der Waals surface area contributed by atoms with Crippen LogP contribution in [0.1, 0.15) is 39.4 Å². The summed E-state index contributed by atoms with van der Waals surface area (Å²) in [4.78, 5) is 51.4. The Labute approximate surface area is 298 Å². The summed E-state index contributed by atoms with van der Waals surface area (Å²) in [7, 11) is 7.58. The zero-order valence-corrected chi connectivity index (χ0v) is 30.1. The molecule has 2 atom stereocenters. The predicted octanol–water partition coefficient (Wildman–Crippen LogP) is 3.51. The van der Waals surface area contributed by atoms with Crippen molar-refractivity contribution in [2.75, 3.05) is 61.7 Å². The summed E-state index contributed by atoms with van der Waals surface area (Å²) in [5, 5.41) is 11.5. The number of carbonyl (C=O) groups excluding carboxylic acids is 2. The van der Waals surface area contributed by atoms with Crippen molar-refractivity contribution >= 4 is 40.4 Å². The number of thioether (sulfide) groups is 1. The van der Waals surface area contributed by atoms with Crippen LogP contribution >= 0.6 is 11.8 Å². The van der Waals surface area contributed by atoms with Crippen molar-refractivity contribution in [3.63, 3.8) is 0 Å². The molecule has 5 rings (SSSR count). The Morgan fingerprint density at radius 1 is 0.922 bits per heavy atom. The Kier molecular flexibility index (Phi) is 11.5. The summed E-state index contributed by atoms with van der Waals surface area (Å²) in [5.74, 6) is 0.371. The van der Waals surface area contributed by atoms with Gasteiger partial charge in [0.25, 0.3) is 11.8 Å². The lowest BCUT2D eigenvalue weighted by Gasteiger charge is -2.44. The third-order valence-corrected chi connectivity index (χ3v) is 10.4. The average Bonchev–Trinajstić information content (AvgIpc) is 3.68. The number of carboxylic acid groups (broad SMARTS) is 1. The second kappa shape index (κ2) is 15.8. The Morgan fingerprint density at radius 3 is 2.08 bits per heavy atom. The highest BCUT2D eigenvalue weighted by molar-refractivity contribution is 8.00. The van der Waals surface area contributed by atoms with E-state index in [1.54, 1.807) is 41.3 Å². The molecule has 0 aliphatic carbocycles. The number of primary amides is 1. The molecule has 2 amide bonds. The minimum atomic E-state index is -1.14. The molecule has 0 spiro atoms. The predicted molar refractivity (Wildman–Crippen MR) is 188 cm³/mol. The number of fused-ring (bicyclic) bond motifs is 1. The molecule has 51 heavy (non-hydrogen) atoms. The van der Waals surface area contributed by atoms with Crippen LogP contribution in [-0.4, -0.2) is 115 Å². The maximum absolute atomic E-state index is 13.4. The van der Waals surface area contributed by atoms with Crippen LogP contribution in [-0.2, 0) is 17.0 Å². The van der Waals surface area contributed by atoms with Gasteiger partial charge < -0.3 is 43.8 Å². The molecule has 1 saturated heterocycles. The molecule has 2 aromatic heterocycles. The number of aliphatic carboxylic acids is 1. The van der Waals surface area contributed by atoms with E-state index in [0.717, 1.165) is 0 Å². The van der Waals surface area contributed by atoms with E-state index in [9.17, 15) is 19.5 Å². The molecule has 2 aromatic carbocycles. The lowest BCUT2D eigenvalue weighted by atomic mass is 9.91. The largest absolute Gasteiger partial charge is 0.496 e. The van der Waals surface area contributed by atoms with Gasteiger partial charge in [0, 0.05) is 72.2 Å². The Morgan fingerprint density at radius 2 is 1.55 bits per heavy atom. The Hall–Kier alpha value is -5.22. The molecule has 15 nitrogen and oxygen atoms in total. The molecule has 4 aromatic rings. The van der Waals surface area contributed by atoms with Crippen molar-refractivity contribution in [3.05, 3.63) is 65.5 Å². The Bertz CT molecular complexity index is 1870. The first-order valence-electron chi connectivity index (χ1n) is 15.9. The van der Waals surface area contributed by atoms with Crippen molar-refractivity contribution in [2.24, 2.45) is 5.73 Å². The number of nitrogens with zero attached hydrogens (tertiary/aromatic N) is 4. The molecule has 272 valence electrons. The zero-order valence-electron chi connectivity index (χ0n) is 29.3. The maximum atomic E-state index is 13.4. The van der Waals surface area contributed by atoms with Crippen molar-refractivity contribution < 1.29 is 47.6 Å². The Balaban J connectivity index is 1.60. The molecular formula is C35H41N5O10S. The fourth-order valence-electron chi connectivity index (χ4n) is 6.32. The molecule has 0 saturated carbocycles. The quantitative estimate of drug-likeness (QED) is 0.181. The lowest BCUT2D eigenvalue weighted by Crippen LogP contribution is -2.60. The van der Waals surface area contributed by atoms with E-state index in [0.29, 0.717) is 50.9 Å². The highest BCUT2D eigenvalue weighted by atomic mass is 32.2. The molecule has 16 heteroatoms. The second-order valence-corrected chi connectivity index (χ2v) is 13.4. The van der Waals surface area contributed by atoms with Crippen molar-refractivity contribution in [1.29, 1.82) is 0 Å². The summed E-state index contributed by atoms with van der Waals surface area (Å²) in [6.45, 7) is 2.96. The van der Waals surface area contributed by atoms with E-state index < -0.39 is 22.7 Å². The number of rotatable bonds is 15. The van der Waals surface area contributed by atoms with Gasteiger partial charge in [-0.2, -0.15) is 0 Å². The summed E-state index contributed by atoms with van der Waals surface area (Å²) < 4.78 is 32.0. The van der Waals surface area contributed by atoms with Gasteiger partial charge in [-0.15, -0.1) is 11.8 Å². The number of amides is 2. The number of carbonyl (C=O) groups is 3. The number of piperazine rings is 1. The number of ether oxygens (including phenoxy) is 5. The van der Waals surface area contributed by atoms with Crippen molar-refractivity contribution in [3.8, 4) is 28.7 Å². The number of nitrogens with two attached hydrogens (primary N) is 1. The van der Waals surface area contributed by atoms with E-state index in [1.165, 1.54) is 53.6 Å². The van der Waals surface area contributed by atoms with E-state index in [1.807, 2.05) is 11.8 Å². The van der Waals surface area contributed by atoms with Gasteiger partial charge in [-0.1, -0.05) is 0 Å². The van der Waals surface area contributed by atoms with Crippen LogP contribution in [0, 0.1) is 0 Å². The first kappa shape index (κ1) is 37.0. The van der Waals surface area contributed by atoms with Crippen LogP contribution in [0.25, 0.3) is 10.9 Å². The maximum Gasteiger partial charge on any atom is 0.322 e. The lowest BCUT2D eigenvalue weighted by molar-refractivity contribution is -0.145. The van der Waals surface area contributed by atoms with Crippen LogP contribution in [0.3, 0.4) is 0 Å². The average molecular weight is 724 g/mol. The standard InChI is InChI=1S/C35H41N5O10S/c1-35(51-19-22-26(46-3)14-20(45-2)15-27(22)47-4,30(34(43)44)39-9-11-40(12-10-39)33(42)25-8-7-13-50-25)18-24-21-16-28(48-5)29(49-6)17-23(21)37-32(38-24)31(36)41/h7-8,13-17,30H,9-12,18-19H2,1-6H3,(H2,36,41)(H,43,44). The van der Waals surface area contributed by atoms with Crippen LogP contribution in [0.2, 0.25) is 0 Å². The molecule has 1 fully saturated rings. The number of hydrogen-bond acceptors (Lipinski definition) is 13. The van der Waals surface area contributed by atoms with Crippen LogP contribution in [0.5, 0.6) is 28.7 Å². The molecule has 2 unspecified atom stereocenters. The van der Waals surface area contributed by atoms with E-state index in [-0.39, 0.29) is 55.8 Å². The molecule has 0 bridgehead atoms. The van der Waals surface area contributed by atoms with Crippen LogP contribution in [0.15, 0.2) is 47.1 Å². The second-order valence-electron chi connectivity index (χ2n) is 11.9. The van der Waals surface area contributed by atoms with Crippen LogP contribution in [0.4, 0.5) is 0 Å². The number of aromatic nitrogens is 2. The number of carboxylic acids is 1. The van der Waals surface area contributed by atoms with E-state index in [4.69, 9.17) is 33.8 Å². The minimum Gasteiger partial charge on any atom is -0.496 e. The molecule has 3 heterocycles. The summed E-state index contributed by atoms with van der Waals surface area (Å²) >= 11 is 1.37. The third-order valence-electron chi connectivity index (χ3n) is 8.89. The molecule has 1 aliphatic heterocycles. The van der Waals surface area contributed by atoms with Gasteiger partial charge >= 0.3 is 5.97 Å². The fourth-order valence-corrected chi connectivity index (χ4v) is 7.73. The summed E-state index contributed by atoms with van der Waals surface area (Å²) in [6.07, 6.45) is 1.49. The topological polar surface area (TPSA) is 189 Å². The molecular weight excluding hydrogens is 682 g/mol. The summed E-state index contributed by atoms with van der Waals surface area (Å²) in [6, 6.07) is 8.93. The van der Waals surface area contributed by atoms with Gasteiger partial charge in [0.2, 0.25) is 5.82 Å². The number of hydrogen-bond donors (Lipinski definition) is 2. The van der Waals surface area contributed by atoms with Gasteiger partial charge in [-0.05, 0) is 25.1 Å². The van der Waals surface area contributed by atoms with Crippen LogP contribution < -0.4 is 29.4 Å².